The fourth-order valence-electron chi connectivity index (χ4n) is 3.07. The van der Waals surface area contributed by atoms with Crippen LogP contribution in [0.4, 0.5) is 5.69 Å². The topological polar surface area (TPSA) is 58.6 Å². The van der Waals surface area contributed by atoms with E-state index in [-0.39, 0.29) is 17.9 Å². The molecule has 0 saturated heterocycles. The van der Waals surface area contributed by atoms with Gasteiger partial charge < -0.3 is 15.0 Å². The summed E-state index contributed by atoms with van der Waals surface area (Å²) in [5, 5.41) is 2.86. The SMILES string of the molecule is CC(C)Oc1cccc(C(=O)Nc2cccc(C(=O)N(C)Cc3ccccc3)c2)c1. The molecule has 3 rings (SSSR count). The van der Waals surface area contributed by atoms with E-state index in [1.54, 1.807) is 54.4 Å². The summed E-state index contributed by atoms with van der Waals surface area (Å²) in [6, 6.07) is 23.8. The maximum atomic E-state index is 12.8. The summed E-state index contributed by atoms with van der Waals surface area (Å²) in [6.45, 7) is 4.38. The van der Waals surface area contributed by atoms with Crippen LogP contribution in [0.5, 0.6) is 5.75 Å². The lowest BCUT2D eigenvalue weighted by Gasteiger charge is -2.18. The standard InChI is InChI=1S/C25H26N2O3/c1-18(2)30-23-14-8-11-20(16-23)24(28)26-22-13-7-12-21(15-22)25(29)27(3)17-19-9-5-4-6-10-19/h4-16,18H,17H2,1-3H3,(H,26,28). The van der Waals surface area contributed by atoms with Crippen LogP contribution in [0.25, 0.3) is 0 Å². The van der Waals surface area contributed by atoms with E-state index in [1.807, 2.05) is 50.2 Å². The molecule has 0 aromatic heterocycles. The van der Waals surface area contributed by atoms with Crippen LogP contribution in [0, 0.1) is 0 Å². The van der Waals surface area contributed by atoms with Gasteiger partial charge in [-0.1, -0.05) is 42.5 Å². The first-order valence-corrected chi connectivity index (χ1v) is 9.90. The Morgan fingerprint density at radius 2 is 1.60 bits per heavy atom. The minimum atomic E-state index is -0.258. The Kier molecular flexibility index (Phi) is 6.86. The highest BCUT2D eigenvalue weighted by atomic mass is 16.5. The Labute approximate surface area is 177 Å². The van der Waals surface area contributed by atoms with Gasteiger partial charge in [-0.05, 0) is 55.8 Å². The predicted molar refractivity (Wildman–Crippen MR) is 119 cm³/mol. The van der Waals surface area contributed by atoms with E-state index in [0.717, 1.165) is 5.56 Å². The average molecular weight is 402 g/mol. The van der Waals surface area contributed by atoms with Crippen molar-refractivity contribution in [3.8, 4) is 5.75 Å². The molecule has 0 radical (unpaired) electrons. The van der Waals surface area contributed by atoms with Gasteiger partial charge in [0.15, 0.2) is 0 Å². The molecule has 30 heavy (non-hydrogen) atoms. The monoisotopic (exact) mass is 402 g/mol. The van der Waals surface area contributed by atoms with Crippen LogP contribution in [-0.2, 0) is 6.54 Å². The number of carbonyl (C=O) groups excluding carboxylic acids is 2. The van der Waals surface area contributed by atoms with Gasteiger partial charge in [-0.3, -0.25) is 9.59 Å². The molecule has 3 aromatic rings. The Hall–Kier alpha value is -3.60. The molecule has 0 bridgehead atoms. The van der Waals surface area contributed by atoms with Crippen molar-refractivity contribution in [3.05, 3.63) is 95.6 Å². The summed E-state index contributed by atoms with van der Waals surface area (Å²) >= 11 is 0. The first kappa shape index (κ1) is 21.1. The van der Waals surface area contributed by atoms with E-state index in [4.69, 9.17) is 4.74 Å². The van der Waals surface area contributed by atoms with Gasteiger partial charge >= 0.3 is 0 Å². The van der Waals surface area contributed by atoms with Crippen molar-refractivity contribution in [2.45, 2.75) is 26.5 Å². The third kappa shape index (κ3) is 5.70. The molecule has 0 aliphatic heterocycles. The largest absolute Gasteiger partial charge is 0.491 e. The van der Waals surface area contributed by atoms with E-state index in [2.05, 4.69) is 5.32 Å². The highest BCUT2D eigenvalue weighted by Gasteiger charge is 2.14. The Morgan fingerprint density at radius 3 is 2.33 bits per heavy atom. The summed E-state index contributed by atoms with van der Waals surface area (Å²) in [6.07, 6.45) is 0.0267. The minimum Gasteiger partial charge on any atom is -0.491 e. The van der Waals surface area contributed by atoms with Crippen molar-refractivity contribution >= 4 is 17.5 Å². The lowest BCUT2D eigenvalue weighted by molar-refractivity contribution is 0.0784. The molecule has 0 atom stereocenters. The number of ether oxygens (including phenoxy) is 1. The zero-order chi connectivity index (χ0) is 21.5. The number of nitrogens with one attached hydrogen (secondary N) is 1. The van der Waals surface area contributed by atoms with Gasteiger partial charge in [0.25, 0.3) is 11.8 Å². The molecule has 0 unspecified atom stereocenters. The van der Waals surface area contributed by atoms with Crippen LogP contribution in [0.3, 0.4) is 0 Å². The second-order valence-corrected chi connectivity index (χ2v) is 7.38. The summed E-state index contributed by atoms with van der Waals surface area (Å²) in [7, 11) is 1.76. The lowest BCUT2D eigenvalue weighted by Crippen LogP contribution is -2.26. The van der Waals surface area contributed by atoms with E-state index < -0.39 is 0 Å². The summed E-state index contributed by atoms with van der Waals surface area (Å²) in [5.41, 5.74) is 2.63. The van der Waals surface area contributed by atoms with Gasteiger partial charge in [-0.15, -0.1) is 0 Å². The molecule has 0 aliphatic carbocycles. The summed E-state index contributed by atoms with van der Waals surface area (Å²) in [5.74, 6) is 0.276. The highest BCUT2D eigenvalue weighted by Crippen LogP contribution is 2.18. The fourth-order valence-corrected chi connectivity index (χ4v) is 3.07. The number of hydrogen-bond donors (Lipinski definition) is 1. The minimum absolute atomic E-state index is 0.0267. The molecule has 2 amide bonds. The molecule has 0 heterocycles. The van der Waals surface area contributed by atoms with E-state index in [9.17, 15) is 9.59 Å². The fraction of sp³-hybridized carbons (Fsp3) is 0.200. The normalized spacial score (nSPS) is 10.5. The Balaban J connectivity index is 1.69. The van der Waals surface area contributed by atoms with E-state index >= 15 is 0 Å². The van der Waals surface area contributed by atoms with E-state index in [1.165, 1.54) is 0 Å². The van der Waals surface area contributed by atoms with Gasteiger partial charge in [0.2, 0.25) is 0 Å². The highest BCUT2D eigenvalue weighted by molar-refractivity contribution is 6.05. The quantitative estimate of drug-likeness (QED) is 0.605. The molecule has 0 aliphatic rings. The molecule has 5 heteroatoms. The van der Waals surface area contributed by atoms with Crippen LogP contribution in [0.2, 0.25) is 0 Å². The molecule has 1 N–H and O–H groups in total. The van der Waals surface area contributed by atoms with Gasteiger partial charge in [0.05, 0.1) is 6.10 Å². The Morgan fingerprint density at radius 1 is 0.900 bits per heavy atom. The first-order chi connectivity index (χ1) is 14.4. The number of amides is 2. The van der Waals surface area contributed by atoms with Gasteiger partial charge in [0.1, 0.15) is 5.75 Å². The van der Waals surface area contributed by atoms with Crippen molar-refractivity contribution in [2.24, 2.45) is 0 Å². The third-order valence-electron chi connectivity index (χ3n) is 4.44. The second kappa shape index (κ2) is 9.74. The van der Waals surface area contributed by atoms with Crippen molar-refractivity contribution in [1.82, 2.24) is 4.90 Å². The molecular formula is C25H26N2O3. The maximum Gasteiger partial charge on any atom is 0.255 e. The molecule has 0 saturated carbocycles. The van der Waals surface area contributed by atoms with Crippen molar-refractivity contribution in [3.63, 3.8) is 0 Å². The zero-order valence-electron chi connectivity index (χ0n) is 17.5. The molecule has 5 nitrogen and oxygen atoms in total. The molecule has 154 valence electrons. The third-order valence-corrected chi connectivity index (χ3v) is 4.44. The van der Waals surface area contributed by atoms with Crippen LogP contribution in [0.1, 0.15) is 40.1 Å². The number of hydrogen-bond acceptors (Lipinski definition) is 3. The van der Waals surface area contributed by atoms with Gasteiger partial charge in [-0.2, -0.15) is 0 Å². The number of carbonyl (C=O) groups is 2. The summed E-state index contributed by atoms with van der Waals surface area (Å²) < 4.78 is 5.65. The van der Waals surface area contributed by atoms with Crippen molar-refractivity contribution in [1.29, 1.82) is 0 Å². The van der Waals surface area contributed by atoms with Gasteiger partial charge in [0, 0.05) is 30.4 Å². The van der Waals surface area contributed by atoms with Crippen LogP contribution in [-0.4, -0.2) is 29.9 Å². The molecule has 0 spiro atoms. The average Bonchev–Trinajstić information content (AvgIpc) is 2.74. The van der Waals surface area contributed by atoms with E-state index in [0.29, 0.717) is 29.1 Å². The molecular weight excluding hydrogens is 376 g/mol. The first-order valence-electron chi connectivity index (χ1n) is 9.90. The van der Waals surface area contributed by atoms with Crippen LogP contribution in [0.15, 0.2) is 78.9 Å². The number of anilines is 1. The number of benzene rings is 3. The van der Waals surface area contributed by atoms with Crippen LogP contribution >= 0.6 is 0 Å². The predicted octanol–water partition coefficient (Wildman–Crippen LogP) is 5.00. The number of rotatable bonds is 7. The Bertz CT molecular complexity index is 1020. The zero-order valence-corrected chi connectivity index (χ0v) is 17.5. The lowest BCUT2D eigenvalue weighted by atomic mass is 10.1. The summed E-state index contributed by atoms with van der Waals surface area (Å²) in [4.78, 5) is 27.1. The molecule has 3 aromatic carbocycles. The van der Waals surface area contributed by atoms with Gasteiger partial charge in [-0.25, -0.2) is 0 Å². The number of nitrogens with zero attached hydrogens (tertiary/aromatic N) is 1. The van der Waals surface area contributed by atoms with Crippen molar-refractivity contribution in [2.75, 3.05) is 12.4 Å². The maximum absolute atomic E-state index is 12.8. The van der Waals surface area contributed by atoms with Crippen molar-refractivity contribution < 1.29 is 14.3 Å². The molecule has 0 fully saturated rings. The smallest absolute Gasteiger partial charge is 0.255 e. The van der Waals surface area contributed by atoms with Crippen LogP contribution < -0.4 is 10.1 Å². The second-order valence-electron chi connectivity index (χ2n) is 7.38.